The van der Waals surface area contributed by atoms with Gasteiger partial charge in [0, 0.05) is 25.3 Å². The SMILES string of the molecule is CCNCc1ccc(N2CC(C)OC(C)C2)cc1C. The molecule has 0 saturated carbocycles. The normalized spacial score (nSPS) is 23.7. The summed E-state index contributed by atoms with van der Waals surface area (Å²) in [6.45, 7) is 12.6. The zero-order valence-electron chi connectivity index (χ0n) is 12.6. The Balaban J connectivity index is 2.10. The molecule has 0 aliphatic carbocycles. The summed E-state index contributed by atoms with van der Waals surface area (Å²) in [5.41, 5.74) is 4.07. The first-order chi connectivity index (χ1) is 9.10. The predicted octanol–water partition coefficient (Wildman–Crippen LogP) is 2.72. The fourth-order valence-corrected chi connectivity index (χ4v) is 2.72. The van der Waals surface area contributed by atoms with Gasteiger partial charge in [0.25, 0.3) is 0 Å². The Kier molecular flexibility index (Phi) is 4.83. The first-order valence-corrected chi connectivity index (χ1v) is 7.30. The van der Waals surface area contributed by atoms with Crippen molar-refractivity contribution in [3.63, 3.8) is 0 Å². The molecule has 106 valence electrons. The van der Waals surface area contributed by atoms with Gasteiger partial charge in [-0.25, -0.2) is 0 Å². The molecule has 3 nitrogen and oxygen atoms in total. The van der Waals surface area contributed by atoms with E-state index in [1.807, 2.05) is 0 Å². The van der Waals surface area contributed by atoms with E-state index in [1.165, 1.54) is 16.8 Å². The fraction of sp³-hybridized carbons (Fsp3) is 0.625. The molecule has 0 aromatic heterocycles. The highest BCUT2D eigenvalue weighted by atomic mass is 16.5. The molecule has 0 radical (unpaired) electrons. The van der Waals surface area contributed by atoms with Crippen molar-refractivity contribution in [3.05, 3.63) is 29.3 Å². The maximum atomic E-state index is 5.79. The quantitative estimate of drug-likeness (QED) is 0.903. The minimum absolute atomic E-state index is 0.311. The summed E-state index contributed by atoms with van der Waals surface area (Å²) in [5.74, 6) is 0. The Bertz CT molecular complexity index is 409. The van der Waals surface area contributed by atoms with Gasteiger partial charge >= 0.3 is 0 Å². The van der Waals surface area contributed by atoms with Crippen LogP contribution in [0.3, 0.4) is 0 Å². The van der Waals surface area contributed by atoms with Crippen LogP contribution in [0.15, 0.2) is 18.2 Å². The third kappa shape index (κ3) is 3.71. The minimum atomic E-state index is 0.311. The van der Waals surface area contributed by atoms with Gasteiger partial charge in [-0.05, 0) is 50.6 Å². The monoisotopic (exact) mass is 262 g/mol. The van der Waals surface area contributed by atoms with Crippen LogP contribution in [0.4, 0.5) is 5.69 Å². The fourth-order valence-electron chi connectivity index (χ4n) is 2.72. The van der Waals surface area contributed by atoms with E-state index in [4.69, 9.17) is 4.74 Å². The average molecular weight is 262 g/mol. The van der Waals surface area contributed by atoms with Crippen LogP contribution in [-0.2, 0) is 11.3 Å². The van der Waals surface area contributed by atoms with Gasteiger partial charge in [0.15, 0.2) is 0 Å². The van der Waals surface area contributed by atoms with Crippen molar-refractivity contribution in [2.75, 3.05) is 24.5 Å². The number of aryl methyl sites for hydroxylation is 1. The zero-order valence-corrected chi connectivity index (χ0v) is 12.6. The highest BCUT2D eigenvalue weighted by molar-refractivity contribution is 5.51. The van der Waals surface area contributed by atoms with E-state index in [2.05, 4.69) is 56.1 Å². The van der Waals surface area contributed by atoms with Crippen LogP contribution in [0.25, 0.3) is 0 Å². The van der Waals surface area contributed by atoms with Crippen LogP contribution in [0.2, 0.25) is 0 Å². The van der Waals surface area contributed by atoms with Gasteiger partial charge in [0.05, 0.1) is 12.2 Å². The number of anilines is 1. The topological polar surface area (TPSA) is 24.5 Å². The molecule has 1 aromatic carbocycles. The molecule has 0 bridgehead atoms. The van der Waals surface area contributed by atoms with E-state index in [1.54, 1.807) is 0 Å². The van der Waals surface area contributed by atoms with Gasteiger partial charge in [-0.1, -0.05) is 13.0 Å². The van der Waals surface area contributed by atoms with E-state index in [0.29, 0.717) is 12.2 Å². The standard InChI is InChI=1S/C16H26N2O/c1-5-17-9-15-6-7-16(8-12(15)2)18-10-13(3)19-14(4)11-18/h6-8,13-14,17H,5,9-11H2,1-4H3. The molecule has 19 heavy (non-hydrogen) atoms. The first-order valence-electron chi connectivity index (χ1n) is 7.30. The van der Waals surface area contributed by atoms with Gasteiger partial charge in [0.2, 0.25) is 0 Å². The van der Waals surface area contributed by atoms with Gasteiger partial charge in [0.1, 0.15) is 0 Å². The Morgan fingerprint density at radius 3 is 2.53 bits per heavy atom. The minimum Gasteiger partial charge on any atom is -0.372 e. The second-order valence-corrected chi connectivity index (χ2v) is 5.55. The van der Waals surface area contributed by atoms with Crippen molar-refractivity contribution in [1.29, 1.82) is 0 Å². The molecular formula is C16H26N2O. The highest BCUT2D eigenvalue weighted by Gasteiger charge is 2.22. The van der Waals surface area contributed by atoms with Crippen molar-refractivity contribution in [2.45, 2.75) is 46.4 Å². The first kappa shape index (κ1) is 14.4. The largest absolute Gasteiger partial charge is 0.372 e. The van der Waals surface area contributed by atoms with Crippen molar-refractivity contribution < 1.29 is 4.74 Å². The van der Waals surface area contributed by atoms with Crippen LogP contribution in [0, 0.1) is 6.92 Å². The molecule has 1 aliphatic rings. The van der Waals surface area contributed by atoms with Gasteiger partial charge in [-0.3, -0.25) is 0 Å². The third-order valence-electron chi connectivity index (χ3n) is 3.68. The lowest BCUT2D eigenvalue weighted by Crippen LogP contribution is -2.45. The molecule has 1 fully saturated rings. The Morgan fingerprint density at radius 2 is 1.95 bits per heavy atom. The molecule has 1 heterocycles. The second-order valence-electron chi connectivity index (χ2n) is 5.55. The molecule has 2 atom stereocenters. The van der Waals surface area contributed by atoms with Crippen LogP contribution in [0.5, 0.6) is 0 Å². The number of rotatable bonds is 4. The summed E-state index contributed by atoms with van der Waals surface area (Å²) in [6, 6.07) is 6.79. The van der Waals surface area contributed by atoms with E-state index in [-0.39, 0.29) is 0 Å². The summed E-state index contributed by atoms with van der Waals surface area (Å²) in [4.78, 5) is 2.43. The number of hydrogen-bond acceptors (Lipinski definition) is 3. The highest BCUT2D eigenvalue weighted by Crippen LogP contribution is 2.23. The van der Waals surface area contributed by atoms with E-state index in [0.717, 1.165) is 26.2 Å². The van der Waals surface area contributed by atoms with Crippen LogP contribution in [0.1, 0.15) is 31.9 Å². The number of ether oxygens (including phenoxy) is 1. The van der Waals surface area contributed by atoms with E-state index >= 15 is 0 Å². The van der Waals surface area contributed by atoms with E-state index in [9.17, 15) is 0 Å². The predicted molar refractivity (Wildman–Crippen MR) is 80.8 cm³/mol. The average Bonchev–Trinajstić information content (AvgIpc) is 2.36. The van der Waals surface area contributed by atoms with Crippen molar-refractivity contribution in [1.82, 2.24) is 5.32 Å². The summed E-state index contributed by atoms with van der Waals surface area (Å²) in [5, 5.41) is 3.38. The van der Waals surface area contributed by atoms with Crippen LogP contribution < -0.4 is 10.2 Å². The lowest BCUT2D eigenvalue weighted by molar-refractivity contribution is -0.00522. The molecule has 1 saturated heterocycles. The molecule has 1 N–H and O–H groups in total. The molecule has 1 aromatic rings. The number of nitrogens with one attached hydrogen (secondary N) is 1. The maximum absolute atomic E-state index is 5.79. The number of nitrogens with zero attached hydrogens (tertiary/aromatic N) is 1. The second kappa shape index (κ2) is 6.40. The van der Waals surface area contributed by atoms with Crippen LogP contribution in [-0.4, -0.2) is 31.8 Å². The summed E-state index contributed by atoms with van der Waals surface area (Å²) in [6.07, 6.45) is 0.621. The smallest absolute Gasteiger partial charge is 0.0726 e. The zero-order chi connectivity index (χ0) is 13.8. The Hall–Kier alpha value is -1.06. The lowest BCUT2D eigenvalue weighted by atomic mass is 10.1. The Labute approximate surface area is 116 Å². The molecule has 0 spiro atoms. The number of morpholine rings is 1. The van der Waals surface area contributed by atoms with Gasteiger partial charge in [-0.2, -0.15) is 0 Å². The molecule has 3 heteroatoms. The number of benzene rings is 1. The van der Waals surface area contributed by atoms with Gasteiger partial charge < -0.3 is 15.0 Å². The molecule has 1 aliphatic heterocycles. The third-order valence-corrected chi connectivity index (χ3v) is 3.68. The molecule has 0 amide bonds. The molecule has 2 unspecified atom stereocenters. The van der Waals surface area contributed by atoms with E-state index < -0.39 is 0 Å². The van der Waals surface area contributed by atoms with Crippen molar-refractivity contribution in [3.8, 4) is 0 Å². The van der Waals surface area contributed by atoms with Crippen molar-refractivity contribution in [2.24, 2.45) is 0 Å². The lowest BCUT2D eigenvalue weighted by Gasteiger charge is -2.37. The number of hydrogen-bond donors (Lipinski definition) is 1. The molecule has 2 rings (SSSR count). The Morgan fingerprint density at radius 1 is 1.26 bits per heavy atom. The van der Waals surface area contributed by atoms with Gasteiger partial charge in [-0.15, -0.1) is 0 Å². The maximum Gasteiger partial charge on any atom is 0.0726 e. The van der Waals surface area contributed by atoms with Crippen LogP contribution >= 0.6 is 0 Å². The molecular weight excluding hydrogens is 236 g/mol. The summed E-state index contributed by atoms with van der Waals surface area (Å²) in [7, 11) is 0. The van der Waals surface area contributed by atoms with Crippen molar-refractivity contribution >= 4 is 5.69 Å². The summed E-state index contributed by atoms with van der Waals surface area (Å²) < 4.78 is 5.79. The summed E-state index contributed by atoms with van der Waals surface area (Å²) >= 11 is 0.